The van der Waals surface area contributed by atoms with Crippen LogP contribution in [0, 0.1) is 11.6 Å². The van der Waals surface area contributed by atoms with E-state index in [0.29, 0.717) is 6.54 Å². The van der Waals surface area contributed by atoms with Gasteiger partial charge < -0.3 is 26.2 Å². The molecular formula is C26H27F2N5O3. The fourth-order valence-electron chi connectivity index (χ4n) is 4.97. The third-order valence-electron chi connectivity index (χ3n) is 7.04. The average molecular weight is 496 g/mol. The molecular weight excluding hydrogens is 468 g/mol. The van der Waals surface area contributed by atoms with Crippen molar-refractivity contribution in [3.05, 3.63) is 64.5 Å². The summed E-state index contributed by atoms with van der Waals surface area (Å²) < 4.78 is 35.4. The summed E-state index contributed by atoms with van der Waals surface area (Å²) in [6.07, 6.45) is 5.06. The molecule has 1 amide bonds. The molecule has 2 aliphatic rings. The second-order valence-electron chi connectivity index (χ2n) is 9.25. The van der Waals surface area contributed by atoms with Gasteiger partial charge in [-0.15, -0.1) is 0 Å². The number of amides is 1. The lowest BCUT2D eigenvalue weighted by molar-refractivity contribution is 0.102. The second kappa shape index (κ2) is 9.44. The molecule has 10 heteroatoms. The molecule has 8 nitrogen and oxygen atoms in total. The van der Waals surface area contributed by atoms with E-state index >= 15 is 0 Å². The van der Waals surface area contributed by atoms with Gasteiger partial charge >= 0.3 is 0 Å². The lowest BCUT2D eigenvalue weighted by Gasteiger charge is -2.18. The highest BCUT2D eigenvalue weighted by atomic mass is 19.1. The van der Waals surface area contributed by atoms with Gasteiger partial charge in [0, 0.05) is 17.7 Å². The first-order chi connectivity index (χ1) is 17.4. The number of likely N-dealkylation sites (N-methyl/N-ethyl adjacent to an activating group) is 1. The number of ether oxygens (including phenoxy) is 1. The number of nitrogen functional groups attached to an aromatic ring is 1. The van der Waals surface area contributed by atoms with Crippen LogP contribution in [-0.2, 0) is 18.4 Å². The fraction of sp³-hybridized carbons (Fsp3) is 0.346. The molecule has 1 fully saturated rings. The highest BCUT2D eigenvalue weighted by molar-refractivity contribution is 6.05. The number of hydrogen-bond donors (Lipinski definition) is 4. The van der Waals surface area contributed by atoms with Crippen molar-refractivity contribution in [3.8, 4) is 17.0 Å². The number of aliphatic hydroxyl groups excluding tert-OH is 1. The Kier molecular flexibility index (Phi) is 6.31. The van der Waals surface area contributed by atoms with Crippen molar-refractivity contribution in [1.29, 1.82) is 0 Å². The smallest absolute Gasteiger partial charge is 0.258 e. The number of aliphatic hydroxyl groups is 1. The molecule has 2 aromatic carbocycles. The first-order valence-corrected chi connectivity index (χ1v) is 11.8. The molecule has 1 aromatic heterocycles. The van der Waals surface area contributed by atoms with E-state index in [0.717, 1.165) is 42.9 Å². The predicted molar refractivity (Wildman–Crippen MR) is 131 cm³/mol. The zero-order chi connectivity index (χ0) is 25.4. The van der Waals surface area contributed by atoms with Gasteiger partial charge in [0.05, 0.1) is 17.9 Å². The number of anilines is 2. The molecule has 5 rings (SSSR count). The third-order valence-corrected chi connectivity index (χ3v) is 7.04. The minimum atomic E-state index is -0.731. The molecule has 36 heavy (non-hydrogen) atoms. The van der Waals surface area contributed by atoms with Crippen LogP contribution in [0.3, 0.4) is 0 Å². The summed E-state index contributed by atoms with van der Waals surface area (Å²) in [6.45, 7) is 0.201. The molecule has 0 unspecified atom stereocenters. The Morgan fingerprint density at radius 2 is 2.00 bits per heavy atom. The highest BCUT2D eigenvalue weighted by Crippen LogP contribution is 2.57. The molecule has 0 saturated heterocycles. The van der Waals surface area contributed by atoms with E-state index in [-0.39, 0.29) is 51.7 Å². The summed E-state index contributed by atoms with van der Waals surface area (Å²) in [6, 6.07) is 5.29. The Morgan fingerprint density at radius 3 is 2.72 bits per heavy atom. The summed E-state index contributed by atoms with van der Waals surface area (Å²) in [5, 5.41) is 15.7. The molecule has 0 bridgehead atoms. The Hall–Kier alpha value is -3.63. The second-order valence-corrected chi connectivity index (χ2v) is 9.25. The van der Waals surface area contributed by atoms with Crippen LogP contribution in [0.2, 0.25) is 0 Å². The number of aromatic nitrogens is 2. The molecule has 0 atom stereocenters. The Labute approximate surface area is 206 Å². The Morgan fingerprint density at radius 1 is 1.19 bits per heavy atom. The van der Waals surface area contributed by atoms with E-state index in [2.05, 4.69) is 20.6 Å². The van der Waals surface area contributed by atoms with E-state index in [1.54, 1.807) is 13.1 Å². The summed E-state index contributed by atoms with van der Waals surface area (Å²) in [5.41, 5.74) is 8.42. The zero-order valence-electron chi connectivity index (χ0n) is 19.8. The van der Waals surface area contributed by atoms with E-state index in [1.807, 2.05) is 0 Å². The lowest BCUT2D eigenvalue weighted by Crippen LogP contribution is -2.18. The zero-order valence-corrected chi connectivity index (χ0v) is 19.8. The van der Waals surface area contributed by atoms with Crippen LogP contribution in [0.15, 0.2) is 30.6 Å². The minimum Gasteiger partial charge on any atom is -0.486 e. The lowest BCUT2D eigenvalue weighted by atomic mass is 9.96. The number of hydrogen-bond acceptors (Lipinski definition) is 7. The van der Waals surface area contributed by atoms with Crippen molar-refractivity contribution in [3.63, 3.8) is 0 Å². The SMILES string of the molecule is CNCCOc1c(N)ncnc1-c1cc(F)cc(NC(=O)c2cc3c(cc2F)C2(CC3)CC2)c1CO. The number of carbonyl (C=O) groups excluding carboxylic acids is 1. The van der Waals surface area contributed by atoms with Crippen molar-refractivity contribution in [2.45, 2.75) is 37.7 Å². The average Bonchev–Trinajstić information content (AvgIpc) is 3.56. The van der Waals surface area contributed by atoms with Crippen LogP contribution in [0.1, 0.15) is 46.3 Å². The molecule has 1 heterocycles. The molecule has 0 radical (unpaired) electrons. The number of nitrogens with two attached hydrogens (primary N) is 1. The van der Waals surface area contributed by atoms with Crippen LogP contribution >= 0.6 is 0 Å². The van der Waals surface area contributed by atoms with Crippen molar-refractivity contribution in [2.75, 3.05) is 31.2 Å². The molecule has 1 spiro atoms. The van der Waals surface area contributed by atoms with Gasteiger partial charge in [-0.05, 0) is 73.5 Å². The monoisotopic (exact) mass is 495 g/mol. The number of nitrogens with one attached hydrogen (secondary N) is 2. The first kappa shape index (κ1) is 24.1. The van der Waals surface area contributed by atoms with Crippen LogP contribution < -0.4 is 21.1 Å². The number of nitrogens with zero attached hydrogens (tertiary/aromatic N) is 2. The summed E-state index contributed by atoms with van der Waals surface area (Å²) in [5.74, 6) is -1.87. The number of halogens is 2. The maximum Gasteiger partial charge on any atom is 0.258 e. The van der Waals surface area contributed by atoms with E-state index < -0.39 is 24.1 Å². The summed E-state index contributed by atoms with van der Waals surface area (Å²) >= 11 is 0. The van der Waals surface area contributed by atoms with Crippen molar-refractivity contribution < 1.29 is 23.4 Å². The van der Waals surface area contributed by atoms with Gasteiger partial charge in [-0.3, -0.25) is 4.79 Å². The van der Waals surface area contributed by atoms with Crippen LogP contribution in [-0.4, -0.2) is 41.2 Å². The summed E-state index contributed by atoms with van der Waals surface area (Å²) in [4.78, 5) is 21.2. The molecule has 2 aliphatic carbocycles. The van der Waals surface area contributed by atoms with Gasteiger partial charge in [-0.25, -0.2) is 18.7 Å². The number of aryl methyl sites for hydroxylation is 1. The van der Waals surface area contributed by atoms with Gasteiger partial charge in [0.15, 0.2) is 11.6 Å². The molecule has 1 saturated carbocycles. The largest absolute Gasteiger partial charge is 0.486 e. The van der Waals surface area contributed by atoms with Gasteiger partial charge in [-0.1, -0.05) is 0 Å². The normalized spacial score (nSPS) is 15.1. The number of carbonyl (C=O) groups is 1. The number of fused-ring (bicyclic) bond motifs is 2. The van der Waals surface area contributed by atoms with Crippen molar-refractivity contribution >= 4 is 17.4 Å². The first-order valence-electron chi connectivity index (χ1n) is 11.8. The summed E-state index contributed by atoms with van der Waals surface area (Å²) in [7, 11) is 1.76. The van der Waals surface area contributed by atoms with Gasteiger partial charge in [0.1, 0.15) is 30.3 Å². The fourth-order valence-corrected chi connectivity index (χ4v) is 4.97. The molecule has 3 aromatic rings. The molecule has 0 aliphatic heterocycles. The topological polar surface area (TPSA) is 122 Å². The quantitative estimate of drug-likeness (QED) is 0.354. The predicted octanol–water partition coefficient (Wildman–Crippen LogP) is 3.32. The minimum absolute atomic E-state index is 0.00517. The number of benzene rings is 2. The maximum absolute atomic E-state index is 15.0. The van der Waals surface area contributed by atoms with Crippen molar-refractivity contribution in [2.24, 2.45) is 0 Å². The standard InChI is InChI=1S/C26H27F2N5O3/c1-30-6-7-36-23-22(31-13-32-24(23)29)16-9-15(27)10-21(18(16)12-34)33-25(35)17-8-14-2-3-26(4-5-26)19(14)11-20(17)28/h8-11,13,30,34H,2-7,12H2,1H3,(H,33,35)(H2,29,31,32). The molecule has 188 valence electrons. The maximum atomic E-state index is 15.0. The van der Waals surface area contributed by atoms with Gasteiger partial charge in [0.2, 0.25) is 0 Å². The highest BCUT2D eigenvalue weighted by Gasteiger charge is 2.48. The van der Waals surface area contributed by atoms with Crippen LogP contribution in [0.25, 0.3) is 11.3 Å². The van der Waals surface area contributed by atoms with E-state index in [4.69, 9.17) is 10.5 Å². The van der Waals surface area contributed by atoms with Gasteiger partial charge in [0.25, 0.3) is 5.91 Å². The Bertz CT molecular complexity index is 1340. The van der Waals surface area contributed by atoms with E-state index in [9.17, 15) is 18.7 Å². The van der Waals surface area contributed by atoms with Gasteiger partial charge in [-0.2, -0.15) is 0 Å². The van der Waals surface area contributed by atoms with E-state index in [1.165, 1.54) is 18.5 Å². The third kappa shape index (κ3) is 4.27. The number of rotatable bonds is 8. The Balaban J connectivity index is 1.50. The molecule has 5 N–H and O–H groups in total. The van der Waals surface area contributed by atoms with Crippen molar-refractivity contribution in [1.82, 2.24) is 15.3 Å². The van der Waals surface area contributed by atoms with Crippen LogP contribution in [0.5, 0.6) is 5.75 Å². The van der Waals surface area contributed by atoms with Crippen LogP contribution in [0.4, 0.5) is 20.3 Å².